The summed E-state index contributed by atoms with van der Waals surface area (Å²) in [6, 6.07) is 19.9. The minimum absolute atomic E-state index is 0.189. The van der Waals surface area contributed by atoms with Crippen molar-refractivity contribution < 1.29 is 32.7 Å². The molecule has 1 unspecified atom stereocenters. The first-order valence-corrected chi connectivity index (χ1v) is 15.0. The summed E-state index contributed by atoms with van der Waals surface area (Å²) >= 11 is 0. The van der Waals surface area contributed by atoms with E-state index in [0.717, 1.165) is 36.1 Å². The molecule has 8 heteroatoms. The average molecular weight is 579 g/mol. The van der Waals surface area contributed by atoms with Crippen LogP contribution < -0.4 is 9.47 Å². The van der Waals surface area contributed by atoms with Crippen LogP contribution in [0.3, 0.4) is 0 Å². The molecule has 0 aliphatic heterocycles. The molecular formula is C33H38O7S. The van der Waals surface area contributed by atoms with Gasteiger partial charge in [-0.3, -0.25) is 4.79 Å². The third-order valence-electron chi connectivity index (χ3n) is 6.16. The molecule has 0 saturated carbocycles. The summed E-state index contributed by atoms with van der Waals surface area (Å²) in [6.45, 7) is 4.61. The number of hydrogen-bond donors (Lipinski definition) is 0. The number of allylic oxidation sites excluding steroid dienone is 1. The number of carbonyl (C=O) groups is 2. The first-order valence-electron chi connectivity index (χ1n) is 13.9. The zero-order valence-electron chi connectivity index (χ0n) is 23.9. The fourth-order valence-corrected chi connectivity index (χ4v) is 5.20. The molecule has 0 N–H and O–H groups in total. The molecule has 0 aromatic heterocycles. The molecule has 1 atom stereocenters. The summed E-state index contributed by atoms with van der Waals surface area (Å²) in [5, 5.41) is 0. The Hall–Kier alpha value is -3.91. The van der Waals surface area contributed by atoms with Gasteiger partial charge in [0.2, 0.25) is 0 Å². The monoisotopic (exact) mass is 578 g/mol. The van der Waals surface area contributed by atoms with E-state index in [1.807, 2.05) is 24.3 Å². The second-order valence-corrected chi connectivity index (χ2v) is 10.6. The van der Waals surface area contributed by atoms with Crippen LogP contribution in [-0.4, -0.2) is 43.1 Å². The summed E-state index contributed by atoms with van der Waals surface area (Å²) in [6.07, 6.45) is 7.57. The Morgan fingerprint density at radius 2 is 1.63 bits per heavy atom. The fourth-order valence-electron chi connectivity index (χ4n) is 4.05. The van der Waals surface area contributed by atoms with E-state index >= 15 is 0 Å². The Labute approximate surface area is 244 Å². The van der Waals surface area contributed by atoms with Gasteiger partial charge < -0.3 is 18.9 Å². The van der Waals surface area contributed by atoms with Crippen molar-refractivity contribution in [2.45, 2.75) is 55.7 Å². The van der Waals surface area contributed by atoms with Gasteiger partial charge in [-0.25, -0.2) is 9.00 Å². The van der Waals surface area contributed by atoms with Gasteiger partial charge in [0.05, 0.1) is 43.3 Å². The molecule has 0 bridgehead atoms. The van der Waals surface area contributed by atoms with Gasteiger partial charge in [0.1, 0.15) is 11.5 Å². The van der Waals surface area contributed by atoms with Gasteiger partial charge in [-0.1, -0.05) is 30.4 Å². The molecule has 3 aromatic rings. The van der Waals surface area contributed by atoms with Crippen LogP contribution in [0.2, 0.25) is 0 Å². The zero-order valence-corrected chi connectivity index (χ0v) is 24.7. The number of unbranched alkanes of at least 4 members (excludes halogenated alkanes) is 2. The molecule has 0 saturated heterocycles. The SMILES string of the molecule is CCOC(=O)CCc1cc(S(=O)c2cccc(C(=O)OCC)c2)ccc1OCCCCC=Cc1ccc(OC)cc1. The van der Waals surface area contributed by atoms with Crippen molar-refractivity contribution in [2.75, 3.05) is 26.9 Å². The number of hydrogen-bond acceptors (Lipinski definition) is 7. The smallest absolute Gasteiger partial charge is 0.338 e. The summed E-state index contributed by atoms with van der Waals surface area (Å²) in [5.74, 6) is 0.740. The zero-order chi connectivity index (χ0) is 29.5. The molecule has 0 spiro atoms. The second-order valence-electron chi connectivity index (χ2n) is 9.11. The maximum absolute atomic E-state index is 13.4. The van der Waals surface area contributed by atoms with Gasteiger partial charge in [-0.15, -0.1) is 0 Å². The number of ether oxygens (including phenoxy) is 4. The number of methoxy groups -OCH3 is 1. The van der Waals surface area contributed by atoms with Crippen molar-refractivity contribution in [3.63, 3.8) is 0 Å². The Morgan fingerprint density at radius 1 is 0.878 bits per heavy atom. The minimum Gasteiger partial charge on any atom is -0.497 e. The van der Waals surface area contributed by atoms with Gasteiger partial charge in [-0.2, -0.15) is 0 Å². The number of aryl methyl sites for hydroxylation is 1. The summed E-state index contributed by atoms with van der Waals surface area (Å²) in [5.41, 5.74) is 2.25. The Balaban J connectivity index is 1.63. The van der Waals surface area contributed by atoms with Gasteiger partial charge in [0, 0.05) is 16.2 Å². The van der Waals surface area contributed by atoms with E-state index < -0.39 is 16.8 Å². The van der Waals surface area contributed by atoms with E-state index in [9.17, 15) is 13.8 Å². The lowest BCUT2D eigenvalue weighted by atomic mass is 10.1. The topological polar surface area (TPSA) is 88.1 Å². The molecule has 0 fully saturated rings. The Morgan fingerprint density at radius 3 is 2.37 bits per heavy atom. The van der Waals surface area contributed by atoms with Crippen LogP contribution in [0.5, 0.6) is 11.5 Å². The van der Waals surface area contributed by atoms with Gasteiger partial charge in [0.25, 0.3) is 0 Å². The van der Waals surface area contributed by atoms with Crippen molar-refractivity contribution in [3.8, 4) is 11.5 Å². The van der Waals surface area contributed by atoms with Crippen molar-refractivity contribution in [3.05, 3.63) is 89.5 Å². The largest absolute Gasteiger partial charge is 0.497 e. The van der Waals surface area contributed by atoms with Crippen LogP contribution in [-0.2, 0) is 31.5 Å². The number of carbonyl (C=O) groups excluding carboxylic acids is 2. The fraction of sp³-hybridized carbons (Fsp3) is 0.333. The predicted octanol–water partition coefficient (Wildman–Crippen LogP) is 6.80. The van der Waals surface area contributed by atoms with E-state index in [2.05, 4.69) is 12.2 Å². The highest BCUT2D eigenvalue weighted by molar-refractivity contribution is 7.85. The molecule has 3 aromatic carbocycles. The van der Waals surface area contributed by atoms with Crippen LogP contribution in [0.4, 0.5) is 0 Å². The van der Waals surface area contributed by atoms with Gasteiger partial charge >= 0.3 is 11.9 Å². The molecule has 218 valence electrons. The Kier molecular flexibility index (Phi) is 13.1. The quantitative estimate of drug-likeness (QED) is 0.136. The number of esters is 2. The van der Waals surface area contributed by atoms with Gasteiger partial charge in [0.15, 0.2) is 0 Å². The molecule has 0 heterocycles. The molecule has 0 aliphatic carbocycles. The van der Waals surface area contributed by atoms with Crippen molar-refractivity contribution in [1.82, 2.24) is 0 Å². The van der Waals surface area contributed by atoms with Crippen LogP contribution in [0.15, 0.2) is 82.6 Å². The third kappa shape index (κ3) is 10.2. The lowest BCUT2D eigenvalue weighted by Gasteiger charge is -2.13. The average Bonchev–Trinajstić information content (AvgIpc) is 3.00. The highest BCUT2D eigenvalue weighted by Gasteiger charge is 2.15. The van der Waals surface area contributed by atoms with E-state index in [-0.39, 0.29) is 19.0 Å². The third-order valence-corrected chi connectivity index (χ3v) is 7.52. The maximum atomic E-state index is 13.4. The minimum atomic E-state index is -1.54. The maximum Gasteiger partial charge on any atom is 0.338 e. The molecular weight excluding hydrogens is 540 g/mol. The van der Waals surface area contributed by atoms with Crippen LogP contribution in [0, 0.1) is 0 Å². The standard InChI is InChI=1S/C33H38O7S/c1-4-38-32(34)21-16-26-23-30(41(36)29-13-10-12-27(24-29)33(35)39-5-2)19-20-31(26)40-22-9-7-6-8-11-25-14-17-28(37-3)18-15-25/h8,10-15,17-20,23-24H,4-7,9,16,21-22H2,1-3H3. The normalized spacial score (nSPS) is 11.7. The molecule has 7 nitrogen and oxygen atoms in total. The summed E-state index contributed by atoms with van der Waals surface area (Å²) in [7, 11) is 0.116. The van der Waals surface area contributed by atoms with Crippen molar-refractivity contribution >= 4 is 28.8 Å². The van der Waals surface area contributed by atoms with Gasteiger partial charge in [-0.05, 0) is 99.2 Å². The highest BCUT2D eigenvalue weighted by atomic mass is 32.2. The van der Waals surface area contributed by atoms with Crippen LogP contribution in [0.1, 0.15) is 61.0 Å². The van der Waals surface area contributed by atoms with Crippen LogP contribution in [0.25, 0.3) is 6.08 Å². The lowest BCUT2D eigenvalue weighted by molar-refractivity contribution is -0.143. The Bertz CT molecular complexity index is 1330. The summed E-state index contributed by atoms with van der Waals surface area (Å²) in [4.78, 5) is 25.2. The van der Waals surface area contributed by atoms with Crippen LogP contribution >= 0.6 is 0 Å². The van der Waals surface area contributed by atoms with Crippen molar-refractivity contribution in [1.29, 1.82) is 0 Å². The first-order chi connectivity index (χ1) is 19.9. The number of benzene rings is 3. The molecule has 0 aliphatic rings. The first kappa shape index (κ1) is 31.6. The second kappa shape index (κ2) is 17.0. The number of rotatable bonds is 16. The van der Waals surface area contributed by atoms with E-state index in [1.165, 1.54) is 0 Å². The van der Waals surface area contributed by atoms with E-state index in [1.54, 1.807) is 63.4 Å². The molecule has 0 radical (unpaired) electrons. The lowest BCUT2D eigenvalue weighted by Crippen LogP contribution is -2.08. The molecule has 3 rings (SSSR count). The van der Waals surface area contributed by atoms with Crippen molar-refractivity contribution in [2.24, 2.45) is 0 Å². The molecule has 41 heavy (non-hydrogen) atoms. The predicted molar refractivity (Wildman–Crippen MR) is 160 cm³/mol. The summed E-state index contributed by atoms with van der Waals surface area (Å²) < 4.78 is 34.8. The molecule has 0 amide bonds. The van der Waals surface area contributed by atoms with E-state index in [0.29, 0.717) is 40.7 Å². The van der Waals surface area contributed by atoms with E-state index in [4.69, 9.17) is 18.9 Å². The highest BCUT2D eigenvalue weighted by Crippen LogP contribution is 2.27.